The lowest BCUT2D eigenvalue weighted by Gasteiger charge is -2.19. The summed E-state index contributed by atoms with van der Waals surface area (Å²) in [5.41, 5.74) is 3.39. The zero-order valence-corrected chi connectivity index (χ0v) is 21.8. The van der Waals surface area contributed by atoms with Crippen molar-refractivity contribution in [3.63, 3.8) is 0 Å². The van der Waals surface area contributed by atoms with Gasteiger partial charge in [-0.15, -0.1) is 0 Å². The number of nitrogens with one attached hydrogen (secondary N) is 1. The zero-order valence-electron chi connectivity index (χ0n) is 19.5. The Kier molecular flexibility index (Phi) is 8.37. The first-order valence-electron chi connectivity index (χ1n) is 11.3. The number of halogens is 2. The second-order valence-electron chi connectivity index (χ2n) is 8.34. The summed E-state index contributed by atoms with van der Waals surface area (Å²) in [6.45, 7) is 2.32. The normalized spacial score (nSPS) is 16.6. The van der Waals surface area contributed by atoms with Gasteiger partial charge in [0.15, 0.2) is 0 Å². The fraction of sp³-hybridized carbons (Fsp3) is 0.179. The van der Waals surface area contributed by atoms with Crippen LogP contribution < -0.4 is 10.2 Å². The van der Waals surface area contributed by atoms with Crippen molar-refractivity contribution < 1.29 is 9.59 Å². The third-order valence-corrected chi connectivity index (χ3v) is 7.61. The third-order valence-electron chi connectivity index (χ3n) is 5.76. The minimum atomic E-state index is -0.555. The number of carbonyl (C=O) groups excluding carboxylic acids is 2. The van der Waals surface area contributed by atoms with E-state index in [4.69, 9.17) is 23.2 Å². The van der Waals surface area contributed by atoms with E-state index in [1.807, 2.05) is 67.6 Å². The fourth-order valence-electron chi connectivity index (χ4n) is 3.86. The van der Waals surface area contributed by atoms with Crippen molar-refractivity contribution in [3.05, 3.63) is 110 Å². The predicted molar refractivity (Wildman–Crippen MR) is 146 cm³/mol. The van der Waals surface area contributed by atoms with Gasteiger partial charge >= 0.3 is 0 Å². The molecule has 1 aliphatic rings. The summed E-state index contributed by atoms with van der Waals surface area (Å²) in [5, 5.41) is 13.5. The summed E-state index contributed by atoms with van der Waals surface area (Å²) in [7, 11) is 0. The number of aryl methyl sites for hydroxylation is 1. The minimum absolute atomic E-state index is 0.0910. The highest BCUT2D eigenvalue weighted by Crippen LogP contribution is 2.42. The molecule has 1 aliphatic heterocycles. The summed E-state index contributed by atoms with van der Waals surface area (Å²) in [4.78, 5) is 28.1. The number of hydrogen-bond acceptors (Lipinski definition) is 4. The van der Waals surface area contributed by atoms with Gasteiger partial charge in [-0.3, -0.25) is 14.5 Å². The van der Waals surface area contributed by atoms with Gasteiger partial charge in [0.1, 0.15) is 16.7 Å². The number of rotatable bonds is 7. The van der Waals surface area contributed by atoms with Gasteiger partial charge in [0.25, 0.3) is 5.91 Å². The molecule has 0 aromatic heterocycles. The SMILES string of the molecule is Cc1ccc(N2C(=O)[C@@H](Cc3ccc(Cl)cc3Cl)S/C2=C(\C#N)C(=O)NCCc2ccccc2)cc1. The Bertz CT molecular complexity index is 1350. The summed E-state index contributed by atoms with van der Waals surface area (Å²) < 4.78 is 0. The highest BCUT2D eigenvalue weighted by Gasteiger charge is 2.41. The van der Waals surface area contributed by atoms with E-state index in [0.717, 1.165) is 16.7 Å². The van der Waals surface area contributed by atoms with Gasteiger partial charge in [-0.2, -0.15) is 5.26 Å². The molecule has 182 valence electrons. The topological polar surface area (TPSA) is 73.2 Å². The maximum absolute atomic E-state index is 13.6. The molecule has 1 N–H and O–H groups in total. The monoisotopic (exact) mass is 535 g/mol. The molecule has 4 rings (SSSR count). The average molecular weight is 536 g/mol. The van der Waals surface area contributed by atoms with E-state index in [9.17, 15) is 14.9 Å². The van der Waals surface area contributed by atoms with Crippen molar-refractivity contribution in [2.24, 2.45) is 0 Å². The highest BCUT2D eigenvalue weighted by molar-refractivity contribution is 8.05. The number of thioether (sulfide) groups is 1. The molecule has 3 aromatic carbocycles. The van der Waals surface area contributed by atoms with Crippen molar-refractivity contribution in [2.75, 3.05) is 11.4 Å². The molecule has 36 heavy (non-hydrogen) atoms. The Morgan fingerprint density at radius 2 is 1.81 bits per heavy atom. The van der Waals surface area contributed by atoms with Gasteiger partial charge in [-0.05, 0) is 55.2 Å². The summed E-state index contributed by atoms with van der Waals surface area (Å²) in [6, 6.07) is 24.4. The van der Waals surface area contributed by atoms with Crippen LogP contribution in [0, 0.1) is 18.3 Å². The van der Waals surface area contributed by atoms with Crippen LogP contribution in [0.25, 0.3) is 0 Å². The molecule has 0 unspecified atom stereocenters. The number of nitrogens with zero attached hydrogens (tertiary/aromatic N) is 2. The molecule has 1 atom stereocenters. The van der Waals surface area contributed by atoms with E-state index < -0.39 is 11.2 Å². The molecule has 0 radical (unpaired) electrons. The minimum Gasteiger partial charge on any atom is -0.351 e. The van der Waals surface area contributed by atoms with E-state index >= 15 is 0 Å². The van der Waals surface area contributed by atoms with E-state index in [1.54, 1.807) is 18.2 Å². The largest absolute Gasteiger partial charge is 0.351 e. The van der Waals surface area contributed by atoms with E-state index in [2.05, 4.69) is 5.32 Å². The first kappa shape index (κ1) is 25.8. The second kappa shape index (κ2) is 11.7. The van der Waals surface area contributed by atoms with Crippen molar-refractivity contribution in [2.45, 2.75) is 25.0 Å². The van der Waals surface area contributed by atoms with Crippen LogP contribution in [0.5, 0.6) is 0 Å². The van der Waals surface area contributed by atoms with E-state index in [1.165, 1.54) is 16.7 Å². The molecule has 0 bridgehead atoms. The number of carbonyl (C=O) groups is 2. The van der Waals surface area contributed by atoms with Gasteiger partial charge < -0.3 is 5.32 Å². The Morgan fingerprint density at radius 1 is 1.08 bits per heavy atom. The lowest BCUT2D eigenvalue weighted by atomic mass is 10.1. The first-order chi connectivity index (χ1) is 17.4. The van der Waals surface area contributed by atoms with Gasteiger partial charge in [-0.25, -0.2) is 0 Å². The number of benzene rings is 3. The van der Waals surface area contributed by atoms with Crippen LogP contribution in [0.3, 0.4) is 0 Å². The molecule has 0 saturated carbocycles. The van der Waals surface area contributed by atoms with Crippen LogP contribution in [0.15, 0.2) is 83.4 Å². The molecule has 8 heteroatoms. The fourth-order valence-corrected chi connectivity index (χ4v) is 5.64. The summed E-state index contributed by atoms with van der Waals surface area (Å²) >= 11 is 13.6. The Labute approximate surface area is 224 Å². The molecule has 2 amide bonds. The van der Waals surface area contributed by atoms with Gasteiger partial charge in [-0.1, -0.05) is 89.1 Å². The quantitative estimate of drug-likeness (QED) is 0.293. The standard InChI is InChI=1S/C28H23Cl2N3O2S/c1-18-7-11-22(12-8-18)33-27(35)25(15-20-9-10-21(29)16-24(20)30)36-28(33)23(17-31)26(34)32-14-13-19-5-3-2-4-6-19/h2-12,16,25H,13-15H2,1H3,(H,32,34)/b28-23+/t25-/m1/s1. The Hall–Kier alpha value is -3.24. The molecule has 3 aromatic rings. The van der Waals surface area contributed by atoms with Crippen LogP contribution in [0.2, 0.25) is 10.0 Å². The lowest BCUT2D eigenvalue weighted by molar-refractivity contribution is -0.117. The molecule has 5 nitrogen and oxygen atoms in total. The smallest absolute Gasteiger partial charge is 0.264 e. The zero-order chi connectivity index (χ0) is 25.7. The maximum atomic E-state index is 13.6. The van der Waals surface area contributed by atoms with Crippen LogP contribution in [0.1, 0.15) is 16.7 Å². The van der Waals surface area contributed by atoms with Crippen molar-refractivity contribution in [3.8, 4) is 6.07 Å². The van der Waals surface area contributed by atoms with Crippen molar-refractivity contribution in [1.82, 2.24) is 5.32 Å². The Morgan fingerprint density at radius 3 is 2.47 bits per heavy atom. The van der Waals surface area contributed by atoms with Crippen LogP contribution in [-0.2, 0) is 22.4 Å². The number of hydrogen-bond donors (Lipinski definition) is 1. The predicted octanol–water partition coefficient (Wildman–Crippen LogP) is 6.09. The molecule has 0 spiro atoms. The Balaban J connectivity index is 1.63. The van der Waals surface area contributed by atoms with Gasteiger partial charge in [0.05, 0.1) is 5.25 Å². The molecule has 0 aliphatic carbocycles. The number of nitriles is 1. The first-order valence-corrected chi connectivity index (χ1v) is 13.0. The molecular weight excluding hydrogens is 513 g/mol. The van der Waals surface area contributed by atoms with Gasteiger partial charge in [0.2, 0.25) is 5.91 Å². The van der Waals surface area contributed by atoms with Crippen LogP contribution >= 0.6 is 35.0 Å². The molecule has 1 saturated heterocycles. The van der Waals surface area contributed by atoms with E-state index in [0.29, 0.717) is 40.1 Å². The lowest BCUT2D eigenvalue weighted by Crippen LogP contribution is -2.32. The average Bonchev–Trinajstić information content (AvgIpc) is 3.18. The molecule has 1 fully saturated rings. The van der Waals surface area contributed by atoms with Crippen LogP contribution in [-0.4, -0.2) is 23.6 Å². The molecular formula is C28H23Cl2N3O2S. The van der Waals surface area contributed by atoms with Crippen LogP contribution in [0.4, 0.5) is 5.69 Å². The number of amides is 2. The van der Waals surface area contributed by atoms with Crippen molar-refractivity contribution in [1.29, 1.82) is 5.26 Å². The maximum Gasteiger partial charge on any atom is 0.264 e. The summed E-state index contributed by atoms with van der Waals surface area (Å²) in [6.07, 6.45) is 0.964. The van der Waals surface area contributed by atoms with Gasteiger partial charge in [0, 0.05) is 22.3 Å². The number of anilines is 1. The third kappa shape index (κ3) is 5.93. The second-order valence-corrected chi connectivity index (χ2v) is 10.4. The highest BCUT2D eigenvalue weighted by atomic mass is 35.5. The van der Waals surface area contributed by atoms with Crippen molar-refractivity contribution >= 4 is 52.5 Å². The summed E-state index contributed by atoms with van der Waals surface area (Å²) in [5.74, 6) is -0.722. The molecule has 1 heterocycles. The van der Waals surface area contributed by atoms with E-state index in [-0.39, 0.29) is 11.5 Å².